The molecule has 2 rings (SSSR count). The first-order valence-corrected chi connectivity index (χ1v) is 4.69. The molecular formula is C8H7ClN6O. The Kier molecular flexibility index (Phi) is 2.97. The van der Waals surface area contributed by atoms with E-state index < -0.39 is 6.03 Å². The molecule has 1 aromatic heterocycles. The Balaban J connectivity index is 1.97. The lowest BCUT2D eigenvalue weighted by Gasteiger charge is -2.04. The van der Waals surface area contributed by atoms with Gasteiger partial charge < -0.3 is 5.32 Å². The van der Waals surface area contributed by atoms with E-state index in [1.54, 1.807) is 24.3 Å². The van der Waals surface area contributed by atoms with Gasteiger partial charge in [-0.05, 0) is 23.4 Å². The van der Waals surface area contributed by atoms with Gasteiger partial charge in [0.2, 0.25) is 0 Å². The highest BCUT2D eigenvalue weighted by Gasteiger charge is 2.05. The Bertz CT molecular complexity index is 485. The van der Waals surface area contributed by atoms with Gasteiger partial charge >= 0.3 is 6.03 Å². The van der Waals surface area contributed by atoms with Crippen LogP contribution in [0.25, 0.3) is 0 Å². The second-order valence-corrected chi connectivity index (χ2v) is 3.26. The van der Waals surface area contributed by atoms with Gasteiger partial charge in [-0.15, -0.1) is 5.10 Å². The topological polar surface area (TPSA) is 95.6 Å². The number of carbonyl (C=O) groups is 1. The first-order chi connectivity index (χ1) is 7.74. The van der Waals surface area contributed by atoms with Crippen LogP contribution in [0.5, 0.6) is 0 Å². The third kappa shape index (κ3) is 2.67. The number of amides is 2. The molecule has 0 saturated heterocycles. The van der Waals surface area contributed by atoms with E-state index >= 15 is 0 Å². The molecule has 0 aliphatic carbocycles. The molecule has 0 spiro atoms. The summed E-state index contributed by atoms with van der Waals surface area (Å²) in [7, 11) is 0. The maximum absolute atomic E-state index is 11.4. The summed E-state index contributed by atoms with van der Waals surface area (Å²) in [4.78, 5) is 11.4. The van der Waals surface area contributed by atoms with Gasteiger partial charge in [0.05, 0.1) is 0 Å². The lowest BCUT2D eigenvalue weighted by molar-refractivity contribution is 0.262. The molecule has 0 atom stereocenters. The quantitative estimate of drug-likeness (QED) is 0.739. The molecule has 1 heterocycles. The molecular weight excluding hydrogens is 232 g/mol. The molecule has 0 unspecified atom stereocenters. The normalized spacial score (nSPS) is 9.81. The summed E-state index contributed by atoms with van der Waals surface area (Å²) in [6, 6.07) is 6.30. The second-order valence-electron chi connectivity index (χ2n) is 2.82. The van der Waals surface area contributed by atoms with E-state index in [4.69, 9.17) is 11.6 Å². The fourth-order valence-corrected chi connectivity index (χ4v) is 1.24. The van der Waals surface area contributed by atoms with E-state index in [-0.39, 0.29) is 5.95 Å². The number of carbonyl (C=O) groups excluding carboxylic acids is 1. The number of hydrogen-bond donors (Lipinski definition) is 3. The number of halogens is 1. The lowest BCUT2D eigenvalue weighted by atomic mass is 10.3. The standard InChI is InChI=1S/C8H7ClN6O/c9-5-2-1-3-6(4-5)10-8(16)11-7-12-14-15-13-7/h1-4H,(H3,10,11,12,13,14,15,16). The lowest BCUT2D eigenvalue weighted by Crippen LogP contribution is -2.20. The van der Waals surface area contributed by atoms with Gasteiger partial charge in [-0.25, -0.2) is 4.79 Å². The number of aromatic amines is 1. The van der Waals surface area contributed by atoms with Crippen LogP contribution >= 0.6 is 11.6 Å². The van der Waals surface area contributed by atoms with E-state index in [9.17, 15) is 4.79 Å². The molecule has 0 radical (unpaired) electrons. The molecule has 0 aliphatic rings. The van der Waals surface area contributed by atoms with Gasteiger partial charge in [0, 0.05) is 10.7 Å². The zero-order valence-electron chi connectivity index (χ0n) is 7.94. The van der Waals surface area contributed by atoms with Gasteiger partial charge in [0.25, 0.3) is 5.95 Å². The fraction of sp³-hybridized carbons (Fsp3) is 0. The molecule has 7 nitrogen and oxygen atoms in total. The van der Waals surface area contributed by atoms with Crippen molar-refractivity contribution >= 4 is 29.3 Å². The number of nitrogens with zero attached hydrogens (tertiary/aromatic N) is 3. The molecule has 2 amide bonds. The summed E-state index contributed by atoms with van der Waals surface area (Å²) in [5, 5.41) is 18.1. The first kappa shape index (κ1) is 10.4. The largest absolute Gasteiger partial charge is 0.326 e. The summed E-state index contributed by atoms with van der Waals surface area (Å²) in [6.45, 7) is 0. The number of H-pyrrole nitrogens is 1. The van der Waals surface area contributed by atoms with Crippen molar-refractivity contribution in [1.29, 1.82) is 0 Å². The monoisotopic (exact) mass is 238 g/mol. The van der Waals surface area contributed by atoms with Gasteiger partial charge in [0.15, 0.2) is 0 Å². The van der Waals surface area contributed by atoms with Gasteiger partial charge in [0.1, 0.15) is 0 Å². The molecule has 0 bridgehead atoms. The van der Waals surface area contributed by atoms with Crippen LogP contribution in [0.1, 0.15) is 0 Å². The van der Waals surface area contributed by atoms with Crippen LogP contribution < -0.4 is 10.6 Å². The van der Waals surface area contributed by atoms with E-state index in [0.717, 1.165) is 0 Å². The van der Waals surface area contributed by atoms with Crippen molar-refractivity contribution in [2.75, 3.05) is 10.6 Å². The fourth-order valence-electron chi connectivity index (χ4n) is 1.04. The Morgan fingerprint density at radius 3 is 2.94 bits per heavy atom. The smallest absolute Gasteiger partial charge is 0.308 e. The molecule has 0 fully saturated rings. The van der Waals surface area contributed by atoms with Crippen LogP contribution in [0.4, 0.5) is 16.4 Å². The van der Waals surface area contributed by atoms with Crippen LogP contribution in [0.2, 0.25) is 5.02 Å². The minimum absolute atomic E-state index is 0.0968. The number of rotatable bonds is 2. The minimum Gasteiger partial charge on any atom is -0.308 e. The Labute approximate surface area is 95.2 Å². The SMILES string of the molecule is O=C(Nc1cccc(Cl)c1)Nc1nn[nH]n1. The van der Waals surface area contributed by atoms with E-state index in [1.165, 1.54) is 0 Å². The molecule has 16 heavy (non-hydrogen) atoms. The molecule has 8 heteroatoms. The van der Waals surface area contributed by atoms with Crippen LogP contribution in [0, 0.1) is 0 Å². The van der Waals surface area contributed by atoms with Crippen molar-refractivity contribution in [2.24, 2.45) is 0 Å². The zero-order valence-corrected chi connectivity index (χ0v) is 8.69. The summed E-state index contributed by atoms with van der Waals surface area (Å²) in [6.07, 6.45) is 0. The van der Waals surface area contributed by atoms with Crippen molar-refractivity contribution in [3.63, 3.8) is 0 Å². The maximum Gasteiger partial charge on any atom is 0.326 e. The van der Waals surface area contributed by atoms with Gasteiger partial charge in [-0.2, -0.15) is 5.21 Å². The summed E-state index contributed by atoms with van der Waals surface area (Å²) < 4.78 is 0. The van der Waals surface area contributed by atoms with Gasteiger partial charge in [-0.3, -0.25) is 5.32 Å². The van der Waals surface area contributed by atoms with Crippen molar-refractivity contribution < 1.29 is 4.79 Å². The Hall–Kier alpha value is -2.15. The number of hydrogen-bond acceptors (Lipinski definition) is 4. The predicted molar refractivity (Wildman–Crippen MR) is 58.3 cm³/mol. The van der Waals surface area contributed by atoms with Crippen molar-refractivity contribution in [3.8, 4) is 0 Å². The highest BCUT2D eigenvalue weighted by Crippen LogP contribution is 2.14. The number of urea groups is 1. The number of nitrogens with one attached hydrogen (secondary N) is 3. The average Bonchev–Trinajstić information content (AvgIpc) is 2.70. The molecule has 82 valence electrons. The second kappa shape index (κ2) is 4.58. The van der Waals surface area contributed by atoms with E-state index in [2.05, 4.69) is 31.3 Å². The van der Waals surface area contributed by atoms with Crippen LogP contribution in [-0.2, 0) is 0 Å². The molecule has 3 N–H and O–H groups in total. The van der Waals surface area contributed by atoms with E-state index in [0.29, 0.717) is 10.7 Å². The van der Waals surface area contributed by atoms with E-state index in [1.807, 2.05) is 0 Å². The molecule has 0 aliphatic heterocycles. The summed E-state index contributed by atoms with van der Waals surface area (Å²) in [5.41, 5.74) is 0.577. The Morgan fingerprint density at radius 1 is 1.38 bits per heavy atom. The first-order valence-electron chi connectivity index (χ1n) is 4.31. The van der Waals surface area contributed by atoms with Crippen LogP contribution in [0.15, 0.2) is 24.3 Å². The number of benzene rings is 1. The zero-order chi connectivity index (χ0) is 11.4. The summed E-state index contributed by atoms with van der Waals surface area (Å²) in [5.74, 6) is 0.0968. The third-order valence-electron chi connectivity index (χ3n) is 1.65. The average molecular weight is 239 g/mol. The van der Waals surface area contributed by atoms with Crippen LogP contribution in [-0.4, -0.2) is 26.7 Å². The molecule has 0 saturated carbocycles. The molecule has 1 aromatic carbocycles. The maximum atomic E-state index is 11.4. The van der Waals surface area contributed by atoms with Crippen molar-refractivity contribution in [2.45, 2.75) is 0 Å². The van der Waals surface area contributed by atoms with Crippen molar-refractivity contribution in [1.82, 2.24) is 20.6 Å². The van der Waals surface area contributed by atoms with Crippen LogP contribution in [0.3, 0.4) is 0 Å². The Morgan fingerprint density at radius 2 is 2.25 bits per heavy atom. The van der Waals surface area contributed by atoms with Gasteiger partial charge in [-0.1, -0.05) is 22.8 Å². The third-order valence-corrected chi connectivity index (χ3v) is 1.89. The number of anilines is 2. The summed E-state index contributed by atoms with van der Waals surface area (Å²) >= 11 is 5.76. The minimum atomic E-state index is -0.469. The van der Waals surface area contributed by atoms with Crippen molar-refractivity contribution in [3.05, 3.63) is 29.3 Å². The molecule has 2 aromatic rings. The number of tetrazole rings is 1. The predicted octanol–water partition coefficient (Wildman–Crippen LogP) is 1.50. The highest BCUT2D eigenvalue weighted by atomic mass is 35.5. The number of aromatic nitrogens is 4. The highest BCUT2D eigenvalue weighted by molar-refractivity contribution is 6.30.